The number of fused-ring (bicyclic) bond motifs is 1. The Bertz CT molecular complexity index is 1030. The van der Waals surface area contributed by atoms with Crippen molar-refractivity contribution in [3.63, 3.8) is 0 Å². The smallest absolute Gasteiger partial charge is 0.320 e. The van der Waals surface area contributed by atoms with E-state index in [1.54, 1.807) is 16.7 Å². The predicted octanol–water partition coefficient (Wildman–Crippen LogP) is 4.14. The SMILES string of the molecule is C=Cc1nc2c(c(N[C@H](C)c3cccc(C(F)F)c3F)n1)CN(C(=O)N1CCOCC1)C2. The first-order valence-corrected chi connectivity index (χ1v) is 10.4. The summed E-state index contributed by atoms with van der Waals surface area (Å²) < 4.78 is 46.2. The second kappa shape index (κ2) is 9.15. The van der Waals surface area contributed by atoms with E-state index in [4.69, 9.17) is 4.74 Å². The Morgan fingerprint density at radius 3 is 2.59 bits per heavy atom. The Balaban J connectivity index is 1.59. The fourth-order valence-corrected chi connectivity index (χ4v) is 3.93. The van der Waals surface area contributed by atoms with Crippen LogP contribution in [0, 0.1) is 5.82 Å². The number of morpholine rings is 1. The van der Waals surface area contributed by atoms with E-state index in [2.05, 4.69) is 21.9 Å². The largest absolute Gasteiger partial charge is 0.378 e. The third-order valence-electron chi connectivity index (χ3n) is 5.65. The molecule has 7 nitrogen and oxygen atoms in total. The van der Waals surface area contributed by atoms with Gasteiger partial charge in [0, 0.05) is 24.2 Å². The summed E-state index contributed by atoms with van der Waals surface area (Å²) in [6.07, 6.45) is -1.42. The van der Waals surface area contributed by atoms with E-state index in [0.717, 1.165) is 11.6 Å². The van der Waals surface area contributed by atoms with Crippen LogP contribution < -0.4 is 5.32 Å². The number of benzene rings is 1. The first kappa shape index (κ1) is 22.1. The van der Waals surface area contributed by atoms with E-state index in [0.29, 0.717) is 50.2 Å². The van der Waals surface area contributed by atoms with Crippen LogP contribution in [0.4, 0.5) is 23.8 Å². The van der Waals surface area contributed by atoms with Crippen molar-refractivity contribution in [2.24, 2.45) is 0 Å². The number of hydrogen-bond acceptors (Lipinski definition) is 5. The molecule has 1 aromatic heterocycles. The van der Waals surface area contributed by atoms with Gasteiger partial charge in [-0.25, -0.2) is 27.9 Å². The first-order valence-electron chi connectivity index (χ1n) is 10.4. The first-order chi connectivity index (χ1) is 15.4. The van der Waals surface area contributed by atoms with E-state index >= 15 is 0 Å². The van der Waals surface area contributed by atoms with E-state index in [9.17, 15) is 18.0 Å². The van der Waals surface area contributed by atoms with Crippen LogP contribution in [-0.4, -0.2) is 52.1 Å². The van der Waals surface area contributed by atoms with E-state index in [1.807, 2.05) is 0 Å². The van der Waals surface area contributed by atoms with E-state index in [1.165, 1.54) is 18.2 Å². The van der Waals surface area contributed by atoms with Gasteiger partial charge < -0.3 is 19.9 Å². The van der Waals surface area contributed by atoms with Gasteiger partial charge in [-0.1, -0.05) is 24.8 Å². The minimum absolute atomic E-state index is 0.106. The lowest BCUT2D eigenvalue weighted by atomic mass is 10.0. The second-order valence-corrected chi connectivity index (χ2v) is 7.72. The van der Waals surface area contributed by atoms with Crippen molar-refractivity contribution in [1.82, 2.24) is 19.8 Å². The summed E-state index contributed by atoms with van der Waals surface area (Å²) in [7, 11) is 0. The number of carbonyl (C=O) groups is 1. The summed E-state index contributed by atoms with van der Waals surface area (Å²) in [5.41, 5.74) is 0.857. The third kappa shape index (κ3) is 4.27. The summed E-state index contributed by atoms with van der Waals surface area (Å²) in [6.45, 7) is 8.03. The molecular formula is C22H24F3N5O2. The summed E-state index contributed by atoms with van der Waals surface area (Å²) in [5, 5.41) is 3.12. The molecule has 0 bridgehead atoms. The van der Waals surface area contributed by atoms with Gasteiger partial charge in [-0.2, -0.15) is 0 Å². The number of nitrogens with zero attached hydrogens (tertiary/aromatic N) is 4. The van der Waals surface area contributed by atoms with Crippen LogP contribution in [0.3, 0.4) is 0 Å². The van der Waals surface area contributed by atoms with Crippen molar-refractivity contribution in [3.05, 3.63) is 58.8 Å². The third-order valence-corrected chi connectivity index (χ3v) is 5.65. The molecule has 10 heteroatoms. The highest BCUT2D eigenvalue weighted by Crippen LogP contribution is 2.32. The lowest BCUT2D eigenvalue weighted by Gasteiger charge is -2.30. The van der Waals surface area contributed by atoms with Crippen LogP contribution in [0.5, 0.6) is 0 Å². The standard InChI is InChI=1S/C22H24F3N5O2/c1-3-18-27-17-12-30(22(31)29-7-9-32-10-8-29)11-16(17)21(28-18)26-13(2)14-5-4-6-15(19(14)23)20(24)25/h3-6,13,20H,1,7-12H2,2H3,(H,26,27,28)/t13-/m1/s1. The Morgan fingerprint density at radius 1 is 1.19 bits per heavy atom. The van der Waals surface area contributed by atoms with Crippen molar-refractivity contribution >= 4 is 17.9 Å². The van der Waals surface area contributed by atoms with Crippen LogP contribution in [0.2, 0.25) is 0 Å². The molecule has 0 radical (unpaired) electrons. The number of aromatic nitrogens is 2. The fraction of sp³-hybridized carbons (Fsp3) is 0.409. The molecule has 1 atom stereocenters. The van der Waals surface area contributed by atoms with Gasteiger partial charge in [0.05, 0.1) is 43.6 Å². The van der Waals surface area contributed by atoms with Crippen molar-refractivity contribution < 1.29 is 22.7 Å². The average Bonchev–Trinajstić information content (AvgIpc) is 3.23. The molecule has 32 heavy (non-hydrogen) atoms. The summed E-state index contributed by atoms with van der Waals surface area (Å²) in [4.78, 5) is 25.2. The monoisotopic (exact) mass is 447 g/mol. The molecule has 2 amide bonds. The fourth-order valence-electron chi connectivity index (χ4n) is 3.93. The molecule has 1 saturated heterocycles. The van der Waals surface area contributed by atoms with Gasteiger partial charge in [-0.05, 0) is 13.0 Å². The molecule has 0 spiro atoms. The number of halogens is 3. The zero-order valence-electron chi connectivity index (χ0n) is 17.7. The van der Waals surface area contributed by atoms with Crippen LogP contribution >= 0.6 is 0 Å². The van der Waals surface area contributed by atoms with Crippen molar-refractivity contribution in [2.45, 2.75) is 32.5 Å². The number of nitrogens with one attached hydrogen (secondary N) is 1. The molecule has 1 aromatic carbocycles. The Labute approximate surface area is 183 Å². The van der Waals surface area contributed by atoms with Crippen LogP contribution in [-0.2, 0) is 17.8 Å². The highest BCUT2D eigenvalue weighted by Gasteiger charge is 2.32. The molecule has 0 aliphatic carbocycles. The lowest BCUT2D eigenvalue weighted by molar-refractivity contribution is 0.0429. The summed E-state index contributed by atoms with van der Waals surface area (Å²) in [5.74, 6) is -0.154. The van der Waals surface area contributed by atoms with Crippen molar-refractivity contribution in [2.75, 3.05) is 31.6 Å². The zero-order valence-corrected chi connectivity index (χ0v) is 17.7. The topological polar surface area (TPSA) is 70.6 Å². The Morgan fingerprint density at radius 2 is 1.91 bits per heavy atom. The molecular weight excluding hydrogens is 423 g/mol. The van der Waals surface area contributed by atoms with Gasteiger partial charge in [0.15, 0.2) is 5.82 Å². The maximum atomic E-state index is 14.6. The molecule has 0 saturated carbocycles. The minimum atomic E-state index is -2.91. The zero-order chi connectivity index (χ0) is 22.8. The number of hydrogen-bond donors (Lipinski definition) is 1. The van der Waals surface area contributed by atoms with E-state index < -0.39 is 23.8 Å². The number of amides is 2. The highest BCUT2D eigenvalue weighted by molar-refractivity contribution is 5.76. The van der Waals surface area contributed by atoms with Gasteiger partial charge in [0.1, 0.15) is 11.6 Å². The predicted molar refractivity (Wildman–Crippen MR) is 113 cm³/mol. The molecule has 170 valence electrons. The number of urea groups is 1. The second-order valence-electron chi connectivity index (χ2n) is 7.72. The maximum absolute atomic E-state index is 14.6. The van der Waals surface area contributed by atoms with Crippen LogP contribution in [0.25, 0.3) is 6.08 Å². The van der Waals surface area contributed by atoms with Gasteiger partial charge >= 0.3 is 6.03 Å². The Kier molecular flexibility index (Phi) is 6.31. The minimum Gasteiger partial charge on any atom is -0.378 e. The summed E-state index contributed by atoms with van der Waals surface area (Å²) in [6, 6.07) is 3.18. The van der Waals surface area contributed by atoms with E-state index in [-0.39, 0.29) is 18.1 Å². The average molecular weight is 447 g/mol. The lowest BCUT2D eigenvalue weighted by Crippen LogP contribution is -2.46. The highest BCUT2D eigenvalue weighted by atomic mass is 19.3. The molecule has 2 aromatic rings. The van der Waals surface area contributed by atoms with Crippen LogP contribution in [0.15, 0.2) is 24.8 Å². The van der Waals surface area contributed by atoms with Crippen LogP contribution in [0.1, 0.15) is 47.6 Å². The number of rotatable bonds is 5. The molecule has 1 fully saturated rings. The Hall–Kier alpha value is -3.14. The summed E-state index contributed by atoms with van der Waals surface area (Å²) >= 11 is 0. The number of carbonyl (C=O) groups excluding carboxylic acids is 1. The van der Waals surface area contributed by atoms with Gasteiger partial charge in [-0.3, -0.25) is 0 Å². The quantitative estimate of drug-likeness (QED) is 0.746. The molecule has 1 N–H and O–H groups in total. The maximum Gasteiger partial charge on any atom is 0.320 e. The van der Waals surface area contributed by atoms with Crippen molar-refractivity contribution in [1.29, 1.82) is 0 Å². The normalized spacial score (nSPS) is 16.8. The van der Waals surface area contributed by atoms with Gasteiger partial charge in [0.25, 0.3) is 6.43 Å². The van der Waals surface area contributed by atoms with Gasteiger partial charge in [-0.15, -0.1) is 0 Å². The number of anilines is 1. The van der Waals surface area contributed by atoms with Crippen molar-refractivity contribution in [3.8, 4) is 0 Å². The van der Waals surface area contributed by atoms with Gasteiger partial charge in [0.2, 0.25) is 0 Å². The molecule has 2 aliphatic rings. The number of ether oxygens (including phenoxy) is 1. The number of alkyl halides is 2. The molecule has 3 heterocycles. The molecule has 4 rings (SSSR count). The molecule has 0 unspecified atom stereocenters. The molecule has 2 aliphatic heterocycles.